The Morgan fingerprint density at radius 3 is 2.39 bits per heavy atom. The van der Waals surface area contributed by atoms with Crippen LogP contribution in [0.5, 0.6) is 11.5 Å². The number of ether oxygens (including phenoxy) is 2. The Bertz CT molecular complexity index is 797. The summed E-state index contributed by atoms with van der Waals surface area (Å²) in [4.78, 5) is 23.4. The molecule has 0 saturated heterocycles. The number of carbonyl (C=O) groups excluding carboxylic acids is 1. The average Bonchev–Trinajstić information content (AvgIpc) is 2.62. The predicted molar refractivity (Wildman–Crippen MR) is 106 cm³/mol. The van der Waals surface area contributed by atoms with Gasteiger partial charge in [-0.2, -0.15) is 0 Å². The molecule has 0 heterocycles. The lowest BCUT2D eigenvalue weighted by Crippen LogP contribution is -2.44. The molecule has 0 radical (unpaired) electrons. The third-order valence-corrected chi connectivity index (χ3v) is 5.88. The van der Waals surface area contributed by atoms with Gasteiger partial charge < -0.3 is 19.9 Å². The van der Waals surface area contributed by atoms with Crippen molar-refractivity contribution < 1.29 is 32.6 Å². The number of aliphatic carboxylic acids is 1. The van der Waals surface area contributed by atoms with Gasteiger partial charge in [0, 0.05) is 11.3 Å². The second-order valence-corrected chi connectivity index (χ2v) is 9.86. The van der Waals surface area contributed by atoms with Gasteiger partial charge >= 0.3 is 5.97 Å². The first-order valence-corrected chi connectivity index (χ1v) is 10.8. The van der Waals surface area contributed by atoms with Gasteiger partial charge in [-0.25, -0.2) is 13.2 Å². The molecule has 2 N–H and O–H groups in total. The quantitative estimate of drug-likeness (QED) is 0.598. The summed E-state index contributed by atoms with van der Waals surface area (Å²) in [5, 5.41) is 11.5. The van der Waals surface area contributed by atoms with Crippen LogP contribution in [0.4, 0.5) is 0 Å². The molecule has 1 atom stereocenters. The van der Waals surface area contributed by atoms with E-state index in [1.165, 1.54) is 6.92 Å². The van der Waals surface area contributed by atoms with E-state index in [0.717, 1.165) is 5.56 Å². The number of nitrogens with one attached hydrogen (secondary N) is 1. The van der Waals surface area contributed by atoms with Crippen molar-refractivity contribution >= 4 is 21.7 Å². The third kappa shape index (κ3) is 7.38. The van der Waals surface area contributed by atoms with Crippen molar-refractivity contribution in [3.8, 4) is 11.5 Å². The normalized spacial score (nSPS) is 12.9. The summed E-state index contributed by atoms with van der Waals surface area (Å²) in [7, 11) is -1.77. The van der Waals surface area contributed by atoms with E-state index < -0.39 is 27.8 Å². The largest absolute Gasteiger partial charge is 0.497 e. The zero-order valence-electron chi connectivity index (χ0n) is 16.9. The van der Waals surface area contributed by atoms with Crippen LogP contribution in [0.25, 0.3) is 0 Å². The minimum absolute atomic E-state index is 0.0799. The van der Waals surface area contributed by atoms with Gasteiger partial charge in [0.1, 0.15) is 27.4 Å². The molecule has 1 aromatic carbocycles. The van der Waals surface area contributed by atoms with E-state index in [1.54, 1.807) is 19.2 Å². The smallest absolute Gasteiger partial charge is 0.326 e. The number of benzene rings is 1. The van der Waals surface area contributed by atoms with E-state index in [-0.39, 0.29) is 29.9 Å². The molecule has 0 aliphatic carbocycles. The number of rotatable bonds is 10. The molecular formula is C19H29NO7S. The van der Waals surface area contributed by atoms with Crippen molar-refractivity contribution in [3.63, 3.8) is 0 Å². The molecule has 1 amide bonds. The van der Waals surface area contributed by atoms with Crippen LogP contribution in [0, 0.1) is 0 Å². The number of hydrogen-bond acceptors (Lipinski definition) is 6. The summed E-state index contributed by atoms with van der Waals surface area (Å²) in [5.74, 6) is -1.18. The van der Waals surface area contributed by atoms with Crippen molar-refractivity contribution in [2.24, 2.45) is 0 Å². The molecule has 0 bridgehead atoms. The van der Waals surface area contributed by atoms with Crippen LogP contribution in [0.15, 0.2) is 18.2 Å². The molecule has 8 nitrogen and oxygen atoms in total. The average molecular weight is 416 g/mol. The number of hydrogen-bond donors (Lipinski definition) is 2. The molecule has 158 valence electrons. The van der Waals surface area contributed by atoms with E-state index in [9.17, 15) is 23.1 Å². The zero-order chi connectivity index (χ0) is 21.5. The van der Waals surface area contributed by atoms with Gasteiger partial charge in [-0.3, -0.25) is 4.79 Å². The van der Waals surface area contributed by atoms with E-state index in [4.69, 9.17) is 9.47 Å². The van der Waals surface area contributed by atoms with Crippen LogP contribution >= 0.6 is 0 Å². The number of methoxy groups -OCH3 is 1. The van der Waals surface area contributed by atoms with E-state index in [2.05, 4.69) is 5.32 Å². The van der Waals surface area contributed by atoms with Gasteiger partial charge in [-0.15, -0.1) is 0 Å². The monoisotopic (exact) mass is 415 g/mol. The maximum Gasteiger partial charge on any atom is 0.326 e. The lowest BCUT2D eigenvalue weighted by atomic mass is 9.86. The lowest BCUT2D eigenvalue weighted by Gasteiger charge is -2.23. The molecule has 0 spiro atoms. The topological polar surface area (TPSA) is 119 Å². The highest BCUT2D eigenvalue weighted by molar-refractivity contribution is 7.91. The summed E-state index contributed by atoms with van der Waals surface area (Å²) in [6.07, 6.45) is -0.201. The maximum atomic E-state index is 12.1. The van der Waals surface area contributed by atoms with Gasteiger partial charge in [-0.05, 0) is 30.0 Å². The SMILES string of the molecule is CCS(=O)(=O)CCC(NC(=O)COc1ccc(OC)cc1C(C)(C)C)C(=O)O. The Balaban J connectivity index is 2.79. The number of carboxylic acid groups (broad SMARTS) is 1. The first kappa shape index (κ1) is 23.7. The Kier molecular flexibility index (Phi) is 8.29. The Labute approximate surface area is 166 Å². The standard InChI is InChI=1S/C19H29NO7S/c1-6-28(24,25)10-9-15(18(22)23)20-17(21)12-27-16-8-7-13(26-5)11-14(16)19(2,3)4/h7-8,11,15H,6,9-10,12H2,1-5H3,(H,20,21)(H,22,23). The summed E-state index contributed by atoms with van der Waals surface area (Å²) >= 11 is 0. The Morgan fingerprint density at radius 1 is 1.25 bits per heavy atom. The second-order valence-electron chi connectivity index (χ2n) is 7.38. The fourth-order valence-corrected chi connectivity index (χ4v) is 3.31. The molecule has 28 heavy (non-hydrogen) atoms. The molecule has 0 fully saturated rings. The van der Waals surface area contributed by atoms with E-state index in [0.29, 0.717) is 11.5 Å². The lowest BCUT2D eigenvalue weighted by molar-refractivity contribution is -0.142. The second kappa shape index (κ2) is 9.77. The summed E-state index contributed by atoms with van der Waals surface area (Å²) in [6, 6.07) is 3.92. The van der Waals surface area contributed by atoms with Gasteiger partial charge in [0.25, 0.3) is 5.91 Å². The highest BCUT2D eigenvalue weighted by Crippen LogP contribution is 2.34. The molecule has 0 aliphatic rings. The van der Waals surface area contributed by atoms with Crippen LogP contribution < -0.4 is 14.8 Å². The van der Waals surface area contributed by atoms with Gasteiger partial charge in [0.05, 0.1) is 12.9 Å². The molecule has 9 heteroatoms. The highest BCUT2D eigenvalue weighted by atomic mass is 32.2. The first-order chi connectivity index (χ1) is 12.9. The van der Waals surface area contributed by atoms with Crippen molar-refractivity contribution in [2.75, 3.05) is 25.2 Å². The first-order valence-electron chi connectivity index (χ1n) is 8.93. The molecule has 0 saturated carbocycles. The van der Waals surface area contributed by atoms with Crippen molar-refractivity contribution in [3.05, 3.63) is 23.8 Å². The summed E-state index contributed by atoms with van der Waals surface area (Å²) in [6.45, 7) is 7.06. The van der Waals surface area contributed by atoms with Gasteiger partial charge in [-0.1, -0.05) is 27.7 Å². The number of amides is 1. The Hall–Kier alpha value is -2.29. The summed E-state index contributed by atoms with van der Waals surface area (Å²) < 4.78 is 33.9. The van der Waals surface area contributed by atoms with Crippen molar-refractivity contribution in [2.45, 2.75) is 45.6 Å². The fraction of sp³-hybridized carbons (Fsp3) is 0.579. The Morgan fingerprint density at radius 2 is 1.89 bits per heavy atom. The fourth-order valence-electron chi connectivity index (χ4n) is 2.43. The van der Waals surface area contributed by atoms with E-state index >= 15 is 0 Å². The minimum Gasteiger partial charge on any atom is -0.497 e. The number of sulfone groups is 1. The molecule has 1 rings (SSSR count). The zero-order valence-corrected chi connectivity index (χ0v) is 17.8. The van der Waals surface area contributed by atoms with Gasteiger partial charge in [0.2, 0.25) is 0 Å². The number of carboxylic acids is 1. The van der Waals surface area contributed by atoms with E-state index in [1.807, 2.05) is 26.8 Å². The number of carbonyl (C=O) groups is 2. The van der Waals surface area contributed by atoms with Crippen molar-refractivity contribution in [1.82, 2.24) is 5.32 Å². The summed E-state index contributed by atoms with van der Waals surface area (Å²) in [5.41, 5.74) is 0.571. The molecular weight excluding hydrogens is 386 g/mol. The van der Waals surface area contributed by atoms with Crippen LogP contribution in [0.1, 0.15) is 39.7 Å². The van der Waals surface area contributed by atoms with Crippen LogP contribution in [0.3, 0.4) is 0 Å². The maximum absolute atomic E-state index is 12.1. The minimum atomic E-state index is -3.33. The van der Waals surface area contributed by atoms with Crippen molar-refractivity contribution in [1.29, 1.82) is 0 Å². The molecule has 0 aliphatic heterocycles. The molecule has 1 aromatic rings. The van der Waals surface area contributed by atoms with Crippen LogP contribution in [0.2, 0.25) is 0 Å². The highest BCUT2D eigenvalue weighted by Gasteiger charge is 2.24. The molecule has 1 unspecified atom stereocenters. The third-order valence-electron chi connectivity index (χ3n) is 4.14. The van der Waals surface area contributed by atoms with Gasteiger partial charge in [0.15, 0.2) is 6.61 Å². The van der Waals surface area contributed by atoms with Crippen LogP contribution in [-0.2, 0) is 24.8 Å². The van der Waals surface area contributed by atoms with Crippen LogP contribution in [-0.4, -0.2) is 56.7 Å². The predicted octanol–water partition coefficient (Wildman–Crippen LogP) is 1.77. The molecule has 0 aromatic heterocycles.